The molecular formula is C22H27N5O2. The SMILES string of the molecule is Cc1ccccc1[C@H]1[C@H]2CNC[C@H]2CN1C(=O)c1cnc(N2CCOCC2)nc1. The molecule has 1 aromatic heterocycles. The third kappa shape index (κ3) is 3.38. The van der Waals surface area contributed by atoms with Gasteiger partial charge in [-0.3, -0.25) is 4.79 Å². The number of aryl methyl sites for hydroxylation is 1. The molecule has 0 spiro atoms. The predicted molar refractivity (Wildman–Crippen MR) is 110 cm³/mol. The van der Waals surface area contributed by atoms with E-state index in [1.807, 2.05) is 4.90 Å². The number of anilines is 1. The fourth-order valence-corrected chi connectivity index (χ4v) is 4.97. The zero-order chi connectivity index (χ0) is 19.8. The topological polar surface area (TPSA) is 70.6 Å². The third-order valence-electron chi connectivity index (χ3n) is 6.51. The number of rotatable bonds is 3. The van der Waals surface area contributed by atoms with Crippen molar-refractivity contribution in [2.45, 2.75) is 13.0 Å². The summed E-state index contributed by atoms with van der Waals surface area (Å²) < 4.78 is 5.39. The molecule has 4 heterocycles. The molecule has 0 aliphatic carbocycles. The Hall–Kier alpha value is -2.51. The Morgan fingerprint density at radius 2 is 1.90 bits per heavy atom. The number of hydrogen-bond acceptors (Lipinski definition) is 6. The lowest BCUT2D eigenvalue weighted by molar-refractivity contribution is 0.0712. The van der Waals surface area contributed by atoms with Crippen molar-refractivity contribution in [3.63, 3.8) is 0 Å². The Bertz CT molecular complexity index is 881. The van der Waals surface area contributed by atoms with Gasteiger partial charge in [-0.2, -0.15) is 0 Å². The van der Waals surface area contributed by atoms with Crippen LogP contribution in [0.25, 0.3) is 0 Å². The summed E-state index contributed by atoms with van der Waals surface area (Å²) in [6.07, 6.45) is 3.36. The first kappa shape index (κ1) is 18.5. The molecule has 3 saturated heterocycles. The van der Waals surface area contributed by atoms with Crippen molar-refractivity contribution in [3.8, 4) is 0 Å². The van der Waals surface area contributed by atoms with Gasteiger partial charge in [0.05, 0.1) is 24.8 Å². The Morgan fingerprint density at radius 3 is 2.66 bits per heavy atom. The lowest BCUT2D eigenvalue weighted by Crippen LogP contribution is -2.37. The number of nitrogens with zero attached hydrogens (tertiary/aromatic N) is 4. The Kier molecular flexibility index (Phi) is 4.93. The van der Waals surface area contributed by atoms with Crippen LogP contribution in [0.2, 0.25) is 0 Å². The van der Waals surface area contributed by atoms with Gasteiger partial charge in [0.25, 0.3) is 5.91 Å². The fourth-order valence-electron chi connectivity index (χ4n) is 4.97. The standard InChI is InChI=1S/C22H27N5O2/c1-15-4-2-3-5-18(15)20-19-13-23-10-17(19)14-27(20)21(28)16-11-24-22(25-12-16)26-6-8-29-9-7-26/h2-5,11-12,17,19-20,23H,6-10,13-14H2,1H3/t17-,19-,20-/m0/s1. The number of hydrogen-bond donors (Lipinski definition) is 1. The Labute approximate surface area is 171 Å². The number of benzene rings is 1. The average molecular weight is 393 g/mol. The van der Waals surface area contributed by atoms with Crippen molar-refractivity contribution in [3.05, 3.63) is 53.3 Å². The molecule has 7 nitrogen and oxygen atoms in total. The molecule has 3 aliphatic rings. The van der Waals surface area contributed by atoms with Crippen molar-refractivity contribution in [2.75, 3.05) is 50.8 Å². The van der Waals surface area contributed by atoms with Gasteiger partial charge in [0, 0.05) is 51.0 Å². The first-order chi connectivity index (χ1) is 14.2. The second-order valence-corrected chi connectivity index (χ2v) is 8.21. The second kappa shape index (κ2) is 7.72. The van der Waals surface area contributed by atoms with E-state index >= 15 is 0 Å². The molecule has 29 heavy (non-hydrogen) atoms. The van der Waals surface area contributed by atoms with Crippen LogP contribution in [0.15, 0.2) is 36.7 Å². The highest BCUT2D eigenvalue weighted by molar-refractivity contribution is 5.94. The maximum Gasteiger partial charge on any atom is 0.257 e. The molecule has 0 bridgehead atoms. The molecule has 3 fully saturated rings. The monoisotopic (exact) mass is 393 g/mol. The molecule has 1 amide bonds. The van der Waals surface area contributed by atoms with Crippen molar-refractivity contribution >= 4 is 11.9 Å². The molecule has 0 saturated carbocycles. The molecule has 152 valence electrons. The summed E-state index contributed by atoms with van der Waals surface area (Å²) in [7, 11) is 0. The largest absolute Gasteiger partial charge is 0.378 e. The molecule has 3 aliphatic heterocycles. The number of amides is 1. The summed E-state index contributed by atoms with van der Waals surface area (Å²) in [5.74, 6) is 1.65. The predicted octanol–water partition coefficient (Wildman–Crippen LogP) is 1.65. The zero-order valence-corrected chi connectivity index (χ0v) is 16.8. The number of nitrogens with one attached hydrogen (secondary N) is 1. The molecule has 2 aromatic rings. The van der Waals surface area contributed by atoms with E-state index < -0.39 is 0 Å². The van der Waals surface area contributed by atoms with E-state index in [9.17, 15) is 4.79 Å². The highest BCUT2D eigenvalue weighted by atomic mass is 16.5. The van der Waals surface area contributed by atoms with Gasteiger partial charge in [-0.15, -0.1) is 0 Å². The van der Waals surface area contributed by atoms with Crippen molar-refractivity contribution in [1.82, 2.24) is 20.2 Å². The van der Waals surface area contributed by atoms with E-state index in [1.54, 1.807) is 12.4 Å². The average Bonchev–Trinajstić information content (AvgIpc) is 3.36. The van der Waals surface area contributed by atoms with Crippen LogP contribution >= 0.6 is 0 Å². The molecule has 1 aromatic carbocycles. The molecule has 0 unspecified atom stereocenters. The number of ether oxygens (including phenoxy) is 1. The van der Waals surface area contributed by atoms with Gasteiger partial charge in [0.1, 0.15) is 0 Å². The first-order valence-electron chi connectivity index (χ1n) is 10.4. The fraction of sp³-hybridized carbons (Fsp3) is 0.500. The molecule has 0 radical (unpaired) electrons. The Balaban J connectivity index is 1.41. The van der Waals surface area contributed by atoms with Crippen molar-refractivity contribution in [2.24, 2.45) is 11.8 Å². The van der Waals surface area contributed by atoms with Gasteiger partial charge in [-0.25, -0.2) is 9.97 Å². The Morgan fingerprint density at radius 1 is 1.14 bits per heavy atom. The number of aromatic nitrogens is 2. The maximum atomic E-state index is 13.5. The molecule has 5 rings (SSSR count). The van der Waals surface area contributed by atoms with Crippen LogP contribution in [-0.2, 0) is 4.74 Å². The second-order valence-electron chi connectivity index (χ2n) is 8.21. The summed E-state index contributed by atoms with van der Waals surface area (Å²) in [4.78, 5) is 26.6. The highest BCUT2D eigenvalue weighted by Crippen LogP contribution is 2.44. The summed E-state index contributed by atoms with van der Waals surface area (Å²) in [6.45, 7) is 7.79. The summed E-state index contributed by atoms with van der Waals surface area (Å²) in [6, 6.07) is 8.53. The maximum absolute atomic E-state index is 13.5. The first-order valence-corrected chi connectivity index (χ1v) is 10.4. The molecule has 1 N–H and O–H groups in total. The minimum absolute atomic E-state index is 0.0289. The zero-order valence-electron chi connectivity index (χ0n) is 16.8. The van der Waals surface area contributed by atoms with Gasteiger partial charge >= 0.3 is 0 Å². The van der Waals surface area contributed by atoms with E-state index in [4.69, 9.17) is 4.74 Å². The smallest absolute Gasteiger partial charge is 0.257 e. The summed E-state index contributed by atoms with van der Waals surface area (Å²) in [5.41, 5.74) is 3.05. The number of fused-ring (bicyclic) bond motifs is 1. The number of likely N-dealkylation sites (tertiary alicyclic amines) is 1. The van der Waals surface area contributed by atoms with Crippen LogP contribution in [0.3, 0.4) is 0 Å². The van der Waals surface area contributed by atoms with Crippen LogP contribution in [0.5, 0.6) is 0 Å². The van der Waals surface area contributed by atoms with E-state index in [-0.39, 0.29) is 11.9 Å². The minimum Gasteiger partial charge on any atom is -0.378 e. The molecule has 7 heteroatoms. The number of morpholine rings is 1. The lowest BCUT2D eigenvalue weighted by atomic mass is 9.87. The van der Waals surface area contributed by atoms with Crippen molar-refractivity contribution < 1.29 is 9.53 Å². The van der Waals surface area contributed by atoms with Crippen LogP contribution in [-0.4, -0.2) is 66.7 Å². The van der Waals surface area contributed by atoms with Gasteiger partial charge in [0.15, 0.2) is 0 Å². The lowest BCUT2D eigenvalue weighted by Gasteiger charge is -2.30. The van der Waals surface area contributed by atoms with Gasteiger partial charge < -0.3 is 19.9 Å². The minimum atomic E-state index is 0.0289. The third-order valence-corrected chi connectivity index (χ3v) is 6.51. The normalized spacial score (nSPS) is 26.6. The van der Waals surface area contributed by atoms with Crippen LogP contribution in [0.1, 0.15) is 27.5 Å². The summed E-state index contributed by atoms with van der Waals surface area (Å²) in [5, 5.41) is 3.51. The summed E-state index contributed by atoms with van der Waals surface area (Å²) >= 11 is 0. The van der Waals surface area contributed by atoms with E-state index in [1.165, 1.54) is 11.1 Å². The van der Waals surface area contributed by atoms with E-state index in [0.717, 1.165) is 32.7 Å². The van der Waals surface area contributed by atoms with Crippen LogP contribution in [0.4, 0.5) is 5.95 Å². The molecular weight excluding hydrogens is 366 g/mol. The van der Waals surface area contributed by atoms with E-state index in [0.29, 0.717) is 36.6 Å². The van der Waals surface area contributed by atoms with Crippen LogP contribution < -0.4 is 10.2 Å². The van der Waals surface area contributed by atoms with Gasteiger partial charge in [0.2, 0.25) is 5.95 Å². The van der Waals surface area contributed by atoms with Crippen LogP contribution in [0, 0.1) is 18.8 Å². The van der Waals surface area contributed by atoms with Gasteiger partial charge in [-0.1, -0.05) is 24.3 Å². The number of carbonyl (C=O) groups excluding carboxylic acids is 1. The highest BCUT2D eigenvalue weighted by Gasteiger charge is 2.47. The van der Waals surface area contributed by atoms with Gasteiger partial charge in [-0.05, 0) is 24.0 Å². The molecule has 3 atom stereocenters. The van der Waals surface area contributed by atoms with Crippen molar-refractivity contribution in [1.29, 1.82) is 0 Å². The van der Waals surface area contributed by atoms with E-state index in [2.05, 4.69) is 51.4 Å². The number of carbonyl (C=O) groups is 1. The quantitative estimate of drug-likeness (QED) is 0.855.